The third kappa shape index (κ3) is 5.21. The number of halogens is 1. The first-order chi connectivity index (χ1) is 15.7. The number of rotatable bonds is 7. The smallest absolute Gasteiger partial charge is 0.290 e. The number of aromatic nitrogens is 2. The number of fused-ring (bicyclic) bond motifs is 1. The van der Waals surface area contributed by atoms with E-state index in [1.807, 2.05) is 13.0 Å². The van der Waals surface area contributed by atoms with E-state index in [9.17, 15) is 13.2 Å². The number of amides is 1. The summed E-state index contributed by atoms with van der Waals surface area (Å²) in [4.78, 5) is 17.2. The van der Waals surface area contributed by atoms with Crippen molar-refractivity contribution in [1.29, 1.82) is 0 Å². The second-order valence-corrected chi connectivity index (χ2v) is 9.94. The van der Waals surface area contributed by atoms with Crippen LogP contribution >= 0.6 is 15.9 Å². The normalized spacial score (nSPS) is 12.0. The monoisotopic (exact) mass is 529 g/mol. The summed E-state index contributed by atoms with van der Waals surface area (Å²) >= 11 is 3.39. The highest BCUT2D eigenvalue weighted by Crippen LogP contribution is 2.17. The molecule has 0 saturated heterocycles. The molecule has 1 aromatic carbocycles. The molecule has 0 unspecified atom stereocenters. The van der Waals surface area contributed by atoms with Crippen molar-refractivity contribution >= 4 is 43.7 Å². The van der Waals surface area contributed by atoms with Crippen LogP contribution in [0.1, 0.15) is 33.3 Å². The molecule has 2 N–H and O–H groups in total. The van der Waals surface area contributed by atoms with Gasteiger partial charge in [0.15, 0.2) is 0 Å². The van der Waals surface area contributed by atoms with Crippen molar-refractivity contribution < 1.29 is 17.6 Å². The Labute approximate surface area is 198 Å². The summed E-state index contributed by atoms with van der Waals surface area (Å²) in [7, 11) is -3.66. The Hall–Kier alpha value is -3.28. The molecule has 0 fully saturated rings. The van der Waals surface area contributed by atoms with Crippen molar-refractivity contribution in [2.45, 2.75) is 25.3 Å². The number of pyridine rings is 1. The van der Waals surface area contributed by atoms with Crippen LogP contribution in [0.25, 0.3) is 5.65 Å². The van der Waals surface area contributed by atoms with Gasteiger partial charge in [-0.3, -0.25) is 9.20 Å². The van der Waals surface area contributed by atoms with Gasteiger partial charge < -0.3 is 4.42 Å². The third-order valence-corrected chi connectivity index (χ3v) is 6.67. The second kappa shape index (κ2) is 9.30. The highest BCUT2D eigenvalue weighted by Gasteiger charge is 2.17. The summed E-state index contributed by atoms with van der Waals surface area (Å²) in [6.07, 6.45) is 3.09. The van der Waals surface area contributed by atoms with E-state index < -0.39 is 15.9 Å². The number of nitrogens with zero attached hydrogens (tertiary/aromatic N) is 3. The number of hydrogen-bond acceptors (Lipinski definition) is 6. The average molecular weight is 530 g/mol. The van der Waals surface area contributed by atoms with Gasteiger partial charge in [0.2, 0.25) is 10.0 Å². The molecule has 11 heteroatoms. The summed E-state index contributed by atoms with van der Waals surface area (Å²) in [5.74, 6) is 0.338. The van der Waals surface area contributed by atoms with E-state index in [2.05, 4.69) is 36.2 Å². The van der Waals surface area contributed by atoms with E-state index in [1.54, 1.807) is 60.0 Å². The van der Waals surface area contributed by atoms with Crippen LogP contribution in [0.5, 0.6) is 0 Å². The van der Waals surface area contributed by atoms with Crippen molar-refractivity contribution in [3.8, 4) is 0 Å². The van der Waals surface area contributed by atoms with E-state index in [-0.39, 0.29) is 11.4 Å². The van der Waals surface area contributed by atoms with Gasteiger partial charge in [0.05, 0.1) is 23.3 Å². The van der Waals surface area contributed by atoms with Crippen LogP contribution in [0.2, 0.25) is 0 Å². The molecule has 0 aliphatic heterocycles. The quantitative estimate of drug-likeness (QED) is 0.280. The lowest BCUT2D eigenvalue weighted by Gasteiger charge is -2.05. The summed E-state index contributed by atoms with van der Waals surface area (Å²) < 4.78 is 35.3. The number of benzene rings is 1. The number of imidazole rings is 1. The Morgan fingerprint density at radius 1 is 1.15 bits per heavy atom. The number of hydrazone groups is 1. The van der Waals surface area contributed by atoms with E-state index in [0.717, 1.165) is 10.0 Å². The number of carbonyl (C=O) groups is 1. The van der Waals surface area contributed by atoms with Crippen molar-refractivity contribution in [2.75, 3.05) is 0 Å². The summed E-state index contributed by atoms with van der Waals surface area (Å²) in [6.45, 7) is 3.61. The van der Waals surface area contributed by atoms with Crippen molar-refractivity contribution in [3.63, 3.8) is 0 Å². The van der Waals surface area contributed by atoms with Gasteiger partial charge in [-0.15, -0.1) is 0 Å². The summed E-state index contributed by atoms with van der Waals surface area (Å²) in [6, 6.07) is 13.5. The number of carbonyl (C=O) groups excluding carboxylic acids is 1. The van der Waals surface area contributed by atoms with Crippen LogP contribution in [0.3, 0.4) is 0 Å². The zero-order valence-corrected chi connectivity index (χ0v) is 20.1. The summed E-state index contributed by atoms with van der Waals surface area (Å²) in [5, 5.41) is 3.94. The van der Waals surface area contributed by atoms with Crippen LogP contribution in [0.15, 0.2) is 73.6 Å². The molecule has 33 heavy (non-hydrogen) atoms. The van der Waals surface area contributed by atoms with Gasteiger partial charge in [0.25, 0.3) is 5.91 Å². The fraction of sp³-hybridized carbons (Fsp3) is 0.136. The van der Waals surface area contributed by atoms with E-state index in [4.69, 9.17) is 4.42 Å². The first-order valence-electron chi connectivity index (χ1n) is 9.85. The summed E-state index contributed by atoms with van der Waals surface area (Å²) in [5.41, 5.74) is 5.02. The fourth-order valence-corrected chi connectivity index (χ4v) is 4.47. The molecule has 0 atom stereocenters. The molecule has 0 saturated carbocycles. The van der Waals surface area contributed by atoms with Gasteiger partial charge >= 0.3 is 0 Å². The van der Waals surface area contributed by atoms with Crippen molar-refractivity contribution in [1.82, 2.24) is 19.5 Å². The predicted octanol–water partition coefficient (Wildman–Crippen LogP) is 3.55. The minimum Gasteiger partial charge on any atom is -0.459 e. The minimum absolute atomic E-state index is 0.0215. The zero-order valence-electron chi connectivity index (χ0n) is 17.7. The van der Waals surface area contributed by atoms with Gasteiger partial charge in [-0.2, -0.15) is 5.10 Å². The van der Waals surface area contributed by atoms with Crippen molar-refractivity contribution in [2.24, 2.45) is 5.10 Å². The molecule has 4 rings (SSSR count). The van der Waals surface area contributed by atoms with Gasteiger partial charge in [-0.1, -0.05) is 17.7 Å². The molecule has 9 nitrogen and oxygen atoms in total. The molecule has 4 aromatic rings. The van der Waals surface area contributed by atoms with E-state index in [0.29, 0.717) is 28.6 Å². The van der Waals surface area contributed by atoms with Crippen LogP contribution < -0.4 is 10.1 Å². The third-order valence-electron chi connectivity index (χ3n) is 4.78. The van der Waals surface area contributed by atoms with Crippen molar-refractivity contribution in [3.05, 3.63) is 87.7 Å². The van der Waals surface area contributed by atoms with Crippen LogP contribution in [-0.2, 0) is 16.6 Å². The molecule has 1 amide bonds. The number of aryl methyl sites for hydroxylation is 2. The fourth-order valence-electron chi connectivity index (χ4n) is 3.14. The molecule has 170 valence electrons. The first-order valence-corrected chi connectivity index (χ1v) is 12.1. The predicted molar refractivity (Wildman–Crippen MR) is 127 cm³/mol. The van der Waals surface area contributed by atoms with Crippen LogP contribution in [0.4, 0.5) is 0 Å². The number of sulfonamides is 1. The maximum Gasteiger partial charge on any atom is 0.290 e. The Kier molecular flexibility index (Phi) is 6.45. The second-order valence-electron chi connectivity index (χ2n) is 7.26. The molecule has 0 aliphatic rings. The largest absolute Gasteiger partial charge is 0.459 e. The Morgan fingerprint density at radius 2 is 1.91 bits per heavy atom. The first kappa shape index (κ1) is 22.9. The van der Waals surface area contributed by atoms with E-state index >= 15 is 0 Å². The lowest BCUT2D eigenvalue weighted by molar-refractivity contribution is 0.0948. The Morgan fingerprint density at radius 3 is 2.67 bits per heavy atom. The molecule has 0 spiro atoms. The standard InChI is InChI=1S/C22H20BrN5O4S/c1-14-3-8-19(9-4-14)33(30,31)25-12-18-7-6-17(32-18)11-24-27-22(29)21-15(2)26-20-10-5-16(23)13-28(20)21/h3-11,13,25H,12H2,1-2H3,(H,27,29)/b24-11+. The highest BCUT2D eigenvalue weighted by atomic mass is 79.9. The topological polar surface area (TPSA) is 118 Å². The van der Waals surface area contributed by atoms with Gasteiger partial charge in [-0.25, -0.2) is 23.5 Å². The van der Waals surface area contributed by atoms with Gasteiger partial charge in [0.1, 0.15) is 22.9 Å². The molecular weight excluding hydrogens is 510 g/mol. The highest BCUT2D eigenvalue weighted by molar-refractivity contribution is 9.10. The Balaban J connectivity index is 1.38. The molecule has 3 aromatic heterocycles. The minimum atomic E-state index is -3.66. The number of nitrogens with one attached hydrogen (secondary N) is 2. The molecule has 0 aliphatic carbocycles. The Bertz CT molecular complexity index is 1460. The number of furan rings is 1. The zero-order chi connectivity index (χ0) is 23.6. The molecular formula is C22H20BrN5O4S. The van der Waals surface area contributed by atoms with Gasteiger partial charge in [-0.05, 0) is 66.2 Å². The molecule has 0 bridgehead atoms. The molecule has 3 heterocycles. The maximum atomic E-state index is 12.6. The van der Waals surface area contributed by atoms with Crippen LogP contribution in [-0.4, -0.2) is 29.9 Å². The molecule has 0 radical (unpaired) electrons. The lowest BCUT2D eigenvalue weighted by atomic mass is 10.2. The van der Waals surface area contributed by atoms with Gasteiger partial charge in [0, 0.05) is 10.7 Å². The average Bonchev–Trinajstić information content (AvgIpc) is 3.35. The van der Waals surface area contributed by atoms with Crippen LogP contribution in [0, 0.1) is 13.8 Å². The number of hydrogen-bond donors (Lipinski definition) is 2. The van der Waals surface area contributed by atoms with E-state index in [1.165, 1.54) is 6.21 Å². The SMILES string of the molecule is Cc1ccc(S(=O)(=O)NCc2ccc(/C=N/NC(=O)c3c(C)nc4ccc(Br)cn34)o2)cc1. The maximum absolute atomic E-state index is 12.6. The lowest BCUT2D eigenvalue weighted by Crippen LogP contribution is -2.23.